The molecule has 0 radical (unpaired) electrons. The van der Waals surface area contributed by atoms with Crippen molar-refractivity contribution in [2.45, 2.75) is 12.8 Å². The maximum atomic E-state index is 5.85. The average Bonchev–Trinajstić information content (AvgIpc) is 2.62. The van der Waals surface area contributed by atoms with Gasteiger partial charge < -0.3 is 15.5 Å². The van der Waals surface area contributed by atoms with Crippen molar-refractivity contribution in [2.75, 3.05) is 37.0 Å². The Balaban J connectivity index is 1.80. The topological polar surface area (TPSA) is 58.3 Å². The van der Waals surface area contributed by atoms with Gasteiger partial charge in [-0.2, -0.15) is 0 Å². The molecule has 0 atom stereocenters. The van der Waals surface area contributed by atoms with Gasteiger partial charge in [0.05, 0.1) is 5.69 Å². The highest BCUT2D eigenvalue weighted by Gasteiger charge is 2.21. The van der Waals surface area contributed by atoms with Crippen molar-refractivity contribution in [3.05, 3.63) is 48.9 Å². The first-order chi connectivity index (χ1) is 11.5. The van der Waals surface area contributed by atoms with Crippen LogP contribution in [0.3, 0.4) is 0 Å². The molecular formula is C19H25N5. The second-order valence-corrected chi connectivity index (χ2v) is 6.54. The van der Waals surface area contributed by atoms with Gasteiger partial charge in [0.15, 0.2) is 0 Å². The Morgan fingerprint density at radius 1 is 1.21 bits per heavy atom. The molecule has 2 aromatic rings. The van der Waals surface area contributed by atoms with Crippen molar-refractivity contribution in [2.24, 2.45) is 11.7 Å². The minimum Gasteiger partial charge on any atom is -0.402 e. The van der Waals surface area contributed by atoms with Crippen molar-refractivity contribution < 1.29 is 0 Å². The minimum atomic E-state index is 0.430. The van der Waals surface area contributed by atoms with Gasteiger partial charge in [0, 0.05) is 56.1 Å². The Labute approximate surface area is 143 Å². The summed E-state index contributed by atoms with van der Waals surface area (Å²) in [7, 11) is 4.08. The van der Waals surface area contributed by atoms with E-state index in [9.17, 15) is 0 Å². The summed E-state index contributed by atoms with van der Waals surface area (Å²) in [5.41, 5.74) is 9.87. The molecule has 0 aliphatic carbocycles. The van der Waals surface area contributed by atoms with Crippen molar-refractivity contribution in [1.82, 2.24) is 9.97 Å². The van der Waals surface area contributed by atoms with Crippen LogP contribution in [0.2, 0.25) is 0 Å². The van der Waals surface area contributed by atoms with Crippen molar-refractivity contribution in [3.8, 4) is 11.3 Å². The number of hydrogen-bond acceptors (Lipinski definition) is 5. The molecule has 1 aliphatic heterocycles. The zero-order valence-corrected chi connectivity index (χ0v) is 14.4. The number of nitrogens with zero attached hydrogens (tertiary/aromatic N) is 4. The molecule has 1 fully saturated rings. The van der Waals surface area contributed by atoms with Gasteiger partial charge in [0.2, 0.25) is 0 Å². The number of nitrogens with two attached hydrogens (primary N) is 1. The molecule has 0 saturated carbocycles. The number of piperidine rings is 1. The maximum Gasteiger partial charge on any atom is 0.132 e. The van der Waals surface area contributed by atoms with Gasteiger partial charge in [-0.1, -0.05) is 18.7 Å². The van der Waals surface area contributed by atoms with E-state index in [0.717, 1.165) is 54.4 Å². The molecule has 0 spiro atoms. The predicted molar refractivity (Wildman–Crippen MR) is 100 cm³/mol. The van der Waals surface area contributed by atoms with E-state index in [0.29, 0.717) is 5.92 Å². The number of aromatic nitrogens is 2. The maximum absolute atomic E-state index is 5.85. The van der Waals surface area contributed by atoms with Gasteiger partial charge in [0.25, 0.3) is 0 Å². The molecule has 2 heterocycles. The van der Waals surface area contributed by atoms with Crippen LogP contribution in [0.25, 0.3) is 11.3 Å². The molecule has 0 amide bonds. The fourth-order valence-electron chi connectivity index (χ4n) is 3.10. The van der Waals surface area contributed by atoms with E-state index in [1.165, 1.54) is 0 Å². The van der Waals surface area contributed by atoms with Crippen LogP contribution >= 0.6 is 0 Å². The lowest BCUT2D eigenvalue weighted by Gasteiger charge is -2.32. The van der Waals surface area contributed by atoms with E-state index in [2.05, 4.69) is 56.7 Å². The van der Waals surface area contributed by atoms with Crippen LogP contribution in [0, 0.1) is 5.92 Å². The van der Waals surface area contributed by atoms with E-state index in [1.54, 1.807) is 6.33 Å². The highest BCUT2D eigenvalue weighted by molar-refractivity contribution is 5.67. The third kappa shape index (κ3) is 3.50. The number of hydrogen-bond donors (Lipinski definition) is 1. The molecule has 3 rings (SSSR count). The first-order valence-corrected chi connectivity index (χ1v) is 8.33. The number of anilines is 2. The van der Waals surface area contributed by atoms with Gasteiger partial charge in [-0.25, -0.2) is 9.97 Å². The molecule has 1 aromatic heterocycles. The summed E-state index contributed by atoms with van der Waals surface area (Å²) in [6, 6.07) is 10.5. The molecule has 24 heavy (non-hydrogen) atoms. The van der Waals surface area contributed by atoms with Crippen LogP contribution in [0.1, 0.15) is 12.8 Å². The summed E-state index contributed by atoms with van der Waals surface area (Å²) >= 11 is 0. The van der Waals surface area contributed by atoms with E-state index in [1.807, 2.05) is 14.1 Å². The van der Waals surface area contributed by atoms with Crippen LogP contribution in [-0.2, 0) is 0 Å². The molecule has 0 bridgehead atoms. The van der Waals surface area contributed by atoms with E-state index in [-0.39, 0.29) is 0 Å². The van der Waals surface area contributed by atoms with Gasteiger partial charge in [-0.3, -0.25) is 0 Å². The molecule has 126 valence electrons. The lowest BCUT2D eigenvalue weighted by atomic mass is 9.94. The summed E-state index contributed by atoms with van der Waals surface area (Å²) in [5, 5.41) is 0. The first-order valence-electron chi connectivity index (χ1n) is 8.33. The Kier molecular flexibility index (Phi) is 4.69. The monoisotopic (exact) mass is 323 g/mol. The van der Waals surface area contributed by atoms with E-state index < -0.39 is 0 Å². The number of benzene rings is 1. The van der Waals surface area contributed by atoms with Gasteiger partial charge in [0.1, 0.15) is 12.1 Å². The second kappa shape index (κ2) is 6.91. The van der Waals surface area contributed by atoms with Crippen molar-refractivity contribution >= 4 is 11.5 Å². The fraction of sp³-hybridized carbons (Fsp3) is 0.368. The molecular weight excluding hydrogens is 298 g/mol. The summed E-state index contributed by atoms with van der Waals surface area (Å²) < 4.78 is 0. The van der Waals surface area contributed by atoms with Crippen LogP contribution in [0.15, 0.2) is 48.9 Å². The summed E-state index contributed by atoms with van der Waals surface area (Å²) in [4.78, 5) is 13.3. The Morgan fingerprint density at radius 3 is 2.62 bits per heavy atom. The SMILES string of the molecule is C=C(N)C1CCN(c2cc(-c3cccc(N(C)C)c3)ncn2)CC1. The van der Waals surface area contributed by atoms with Crippen LogP contribution in [0.4, 0.5) is 11.5 Å². The summed E-state index contributed by atoms with van der Waals surface area (Å²) in [5.74, 6) is 1.41. The predicted octanol–water partition coefficient (Wildman–Crippen LogP) is 2.90. The fourth-order valence-corrected chi connectivity index (χ4v) is 3.10. The molecule has 1 aromatic carbocycles. The van der Waals surface area contributed by atoms with Crippen LogP contribution in [0.5, 0.6) is 0 Å². The highest BCUT2D eigenvalue weighted by Crippen LogP contribution is 2.27. The smallest absolute Gasteiger partial charge is 0.132 e. The second-order valence-electron chi connectivity index (χ2n) is 6.54. The Bertz CT molecular complexity index is 717. The summed E-state index contributed by atoms with van der Waals surface area (Å²) in [6.45, 7) is 5.79. The van der Waals surface area contributed by atoms with E-state index >= 15 is 0 Å². The molecule has 2 N–H and O–H groups in total. The Hall–Kier alpha value is -2.56. The number of rotatable bonds is 4. The zero-order chi connectivity index (χ0) is 17.1. The number of allylic oxidation sites excluding steroid dienone is 1. The third-order valence-corrected chi connectivity index (χ3v) is 4.65. The zero-order valence-electron chi connectivity index (χ0n) is 14.4. The van der Waals surface area contributed by atoms with Crippen molar-refractivity contribution in [1.29, 1.82) is 0 Å². The third-order valence-electron chi connectivity index (χ3n) is 4.65. The van der Waals surface area contributed by atoms with Crippen molar-refractivity contribution in [3.63, 3.8) is 0 Å². The average molecular weight is 323 g/mol. The lowest BCUT2D eigenvalue weighted by Crippen LogP contribution is -2.35. The largest absolute Gasteiger partial charge is 0.402 e. The first kappa shape index (κ1) is 16.3. The minimum absolute atomic E-state index is 0.430. The molecule has 1 aliphatic rings. The molecule has 0 unspecified atom stereocenters. The highest BCUT2D eigenvalue weighted by atomic mass is 15.2. The quantitative estimate of drug-likeness (QED) is 0.937. The standard InChI is InChI=1S/C19H25N5/c1-14(20)15-7-9-24(10-8-15)19-12-18(21-13-22-19)16-5-4-6-17(11-16)23(2)3/h4-6,11-13,15H,1,7-10,20H2,2-3H3. The molecule has 5 heteroatoms. The lowest BCUT2D eigenvalue weighted by molar-refractivity contribution is 0.454. The normalized spacial score (nSPS) is 15.3. The van der Waals surface area contributed by atoms with Gasteiger partial charge in [-0.15, -0.1) is 0 Å². The Morgan fingerprint density at radius 2 is 1.96 bits per heavy atom. The summed E-state index contributed by atoms with van der Waals surface area (Å²) in [6.07, 6.45) is 3.72. The van der Waals surface area contributed by atoms with Gasteiger partial charge >= 0.3 is 0 Å². The van der Waals surface area contributed by atoms with Crippen LogP contribution in [-0.4, -0.2) is 37.2 Å². The van der Waals surface area contributed by atoms with Gasteiger partial charge in [-0.05, 0) is 25.0 Å². The molecule has 5 nitrogen and oxygen atoms in total. The molecule has 1 saturated heterocycles. The van der Waals surface area contributed by atoms with Crippen LogP contribution < -0.4 is 15.5 Å². The van der Waals surface area contributed by atoms with E-state index in [4.69, 9.17) is 5.73 Å².